The summed E-state index contributed by atoms with van der Waals surface area (Å²) in [5, 5.41) is 9.67. The Morgan fingerprint density at radius 1 is 1.04 bits per heavy atom. The van der Waals surface area contributed by atoms with Crippen molar-refractivity contribution in [2.24, 2.45) is 4.99 Å². The number of carbonyl (C=O) groups is 1. The summed E-state index contributed by atoms with van der Waals surface area (Å²) in [4.78, 5) is 16.6. The van der Waals surface area contributed by atoms with Crippen molar-refractivity contribution in [1.29, 1.82) is 0 Å². The van der Waals surface area contributed by atoms with Crippen molar-refractivity contribution < 1.29 is 4.79 Å². The molecule has 0 radical (unpaired) electrons. The molecule has 0 aliphatic rings. The second kappa shape index (κ2) is 9.93. The number of nitrogens with zero attached hydrogens (tertiary/aromatic N) is 1. The zero-order valence-corrected chi connectivity index (χ0v) is 17.5. The normalized spacial score (nSPS) is 13.0. The lowest BCUT2D eigenvalue weighted by Crippen LogP contribution is -2.40. The average molecular weight is 381 g/mol. The molecule has 1 amide bonds. The first-order valence-electron chi connectivity index (χ1n) is 9.69. The number of benzene rings is 2. The highest BCUT2D eigenvalue weighted by Crippen LogP contribution is 2.13. The second-order valence-corrected chi connectivity index (χ2v) is 8.02. The summed E-state index contributed by atoms with van der Waals surface area (Å²) >= 11 is 0. The van der Waals surface area contributed by atoms with Gasteiger partial charge in [-0.25, -0.2) is 0 Å². The van der Waals surface area contributed by atoms with Crippen LogP contribution in [-0.2, 0) is 6.54 Å². The highest BCUT2D eigenvalue weighted by atomic mass is 16.1. The molecular formula is C23H32N4O. The first-order valence-corrected chi connectivity index (χ1v) is 9.69. The zero-order valence-electron chi connectivity index (χ0n) is 17.5. The molecule has 3 N–H and O–H groups in total. The molecule has 1 unspecified atom stereocenters. The maximum atomic E-state index is 12.4. The number of carbonyl (C=O) groups excluding carboxylic acids is 1. The Kier molecular flexibility index (Phi) is 7.61. The fraction of sp³-hybridized carbons (Fsp3) is 0.391. The third kappa shape index (κ3) is 7.06. The van der Waals surface area contributed by atoms with Gasteiger partial charge in [0, 0.05) is 31.2 Å². The molecule has 0 saturated carbocycles. The molecule has 0 saturated heterocycles. The van der Waals surface area contributed by atoms with Gasteiger partial charge in [-0.1, -0.05) is 49.4 Å². The Hall–Kier alpha value is -2.82. The summed E-state index contributed by atoms with van der Waals surface area (Å²) in [5.74, 6) is 1.06. The molecule has 0 spiro atoms. The molecule has 2 aromatic rings. The average Bonchev–Trinajstić information content (AvgIpc) is 2.67. The van der Waals surface area contributed by atoms with Gasteiger partial charge in [-0.3, -0.25) is 9.79 Å². The van der Waals surface area contributed by atoms with E-state index in [4.69, 9.17) is 0 Å². The molecule has 150 valence electrons. The van der Waals surface area contributed by atoms with Crippen molar-refractivity contribution in [1.82, 2.24) is 16.0 Å². The van der Waals surface area contributed by atoms with E-state index in [2.05, 4.69) is 52.1 Å². The van der Waals surface area contributed by atoms with Gasteiger partial charge in [-0.2, -0.15) is 0 Å². The van der Waals surface area contributed by atoms with Gasteiger partial charge in [-0.05, 0) is 49.9 Å². The van der Waals surface area contributed by atoms with Crippen LogP contribution in [0.15, 0.2) is 59.6 Å². The van der Waals surface area contributed by atoms with Gasteiger partial charge in [-0.15, -0.1) is 0 Å². The van der Waals surface area contributed by atoms with E-state index in [1.807, 2.05) is 51.1 Å². The van der Waals surface area contributed by atoms with Gasteiger partial charge in [0.1, 0.15) is 0 Å². The summed E-state index contributed by atoms with van der Waals surface area (Å²) in [7, 11) is 1.76. The largest absolute Gasteiger partial charge is 0.356 e. The maximum Gasteiger partial charge on any atom is 0.251 e. The van der Waals surface area contributed by atoms with Crippen molar-refractivity contribution in [3.63, 3.8) is 0 Å². The number of hydrogen-bond acceptors (Lipinski definition) is 2. The number of guanidine groups is 1. The third-order valence-electron chi connectivity index (χ3n) is 4.31. The monoisotopic (exact) mass is 380 g/mol. The molecule has 0 aliphatic carbocycles. The molecule has 0 fully saturated rings. The van der Waals surface area contributed by atoms with Gasteiger partial charge in [0.25, 0.3) is 5.91 Å². The number of aliphatic imine (C=N–C) groups is 1. The van der Waals surface area contributed by atoms with Crippen LogP contribution < -0.4 is 16.0 Å². The Labute approximate surface area is 168 Å². The first-order chi connectivity index (χ1) is 13.3. The van der Waals surface area contributed by atoms with Crippen LogP contribution in [0.5, 0.6) is 0 Å². The van der Waals surface area contributed by atoms with Crippen molar-refractivity contribution in [2.45, 2.75) is 45.7 Å². The molecular weight excluding hydrogens is 348 g/mol. The van der Waals surface area contributed by atoms with Gasteiger partial charge in [0.05, 0.1) is 0 Å². The van der Waals surface area contributed by atoms with E-state index >= 15 is 0 Å². The zero-order chi connectivity index (χ0) is 20.6. The minimum Gasteiger partial charge on any atom is -0.356 e. The van der Waals surface area contributed by atoms with Crippen LogP contribution >= 0.6 is 0 Å². The fourth-order valence-corrected chi connectivity index (χ4v) is 2.79. The third-order valence-corrected chi connectivity index (χ3v) is 4.31. The van der Waals surface area contributed by atoms with Gasteiger partial charge >= 0.3 is 0 Å². The standard InChI is InChI=1S/C23H32N4O/c1-17(19-11-7-6-8-12-19)15-25-22(24-5)26-16-18-10-9-13-20(14-18)21(28)27-23(2,3)4/h6-14,17H,15-16H2,1-5H3,(H,27,28)(H2,24,25,26). The van der Waals surface area contributed by atoms with Gasteiger partial charge in [0.2, 0.25) is 0 Å². The quantitative estimate of drug-likeness (QED) is 0.529. The summed E-state index contributed by atoms with van der Waals surface area (Å²) in [6, 6.07) is 18.1. The summed E-state index contributed by atoms with van der Waals surface area (Å²) in [6.07, 6.45) is 0. The molecule has 28 heavy (non-hydrogen) atoms. The summed E-state index contributed by atoms with van der Waals surface area (Å²) < 4.78 is 0. The fourth-order valence-electron chi connectivity index (χ4n) is 2.79. The van der Waals surface area contributed by atoms with Crippen LogP contribution in [0.4, 0.5) is 0 Å². The smallest absolute Gasteiger partial charge is 0.251 e. The molecule has 5 nitrogen and oxygen atoms in total. The van der Waals surface area contributed by atoms with Crippen LogP contribution in [0.2, 0.25) is 0 Å². The first kappa shape index (κ1) is 21.5. The van der Waals surface area contributed by atoms with E-state index < -0.39 is 0 Å². The van der Waals surface area contributed by atoms with E-state index in [1.165, 1.54) is 5.56 Å². The van der Waals surface area contributed by atoms with E-state index in [0.717, 1.165) is 18.1 Å². The Morgan fingerprint density at radius 2 is 1.75 bits per heavy atom. The van der Waals surface area contributed by atoms with E-state index in [9.17, 15) is 4.79 Å². The Morgan fingerprint density at radius 3 is 2.39 bits per heavy atom. The molecule has 0 aliphatic heterocycles. The summed E-state index contributed by atoms with van der Waals surface area (Å²) in [6.45, 7) is 9.49. The van der Waals surface area contributed by atoms with E-state index in [0.29, 0.717) is 18.0 Å². The highest BCUT2D eigenvalue weighted by Gasteiger charge is 2.15. The predicted molar refractivity (Wildman–Crippen MR) is 117 cm³/mol. The molecule has 0 bridgehead atoms. The highest BCUT2D eigenvalue weighted by molar-refractivity contribution is 5.94. The van der Waals surface area contributed by atoms with E-state index in [-0.39, 0.29) is 11.4 Å². The number of rotatable bonds is 6. The molecule has 0 heterocycles. The predicted octanol–water partition coefficient (Wildman–Crippen LogP) is 3.68. The van der Waals surface area contributed by atoms with Crippen molar-refractivity contribution in [2.75, 3.05) is 13.6 Å². The van der Waals surface area contributed by atoms with Crippen molar-refractivity contribution in [3.8, 4) is 0 Å². The minimum absolute atomic E-state index is 0.0615. The lowest BCUT2D eigenvalue weighted by Gasteiger charge is -2.20. The van der Waals surface area contributed by atoms with Crippen molar-refractivity contribution in [3.05, 3.63) is 71.3 Å². The maximum absolute atomic E-state index is 12.4. The minimum atomic E-state index is -0.257. The van der Waals surface area contributed by atoms with Crippen LogP contribution in [-0.4, -0.2) is 31.0 Å². The van der Waals surface area contributed by atoms with Crippen LogP contribution in [0.1, 0.15) is 55.1 Å². The second-order valence-electron chi connectivity index (χ2n) is 8.02. The lowest BCUT2D eigenvalue weighted by molar-refractivity contribution is 0.0919. The van der Waals surface area contributed by atoms with Crippen LogP contribution in [0, 0.1) is 0 Å². The SMILES string of the molecule is CN=C(NCc1cccc(C(=O)NC(C)(C)C)c1)NCC(C)c1ccccc1. The number of hydrogen-bond donors (Lipinski definition) is 3. The number of amides is 1. The lowest BCUT2D eigenvalue weighted by atomic mass is 10.0. The van der Waals surface area contributed by atoms with Crippen molar-refractivity contribution >= 4 is 11.9 Å². The van der Waals surface area contributed by atoms with Crippen LogP contribution in [0.3, 0.4) is 0 Å². The van der Waals surface area contributed by atoms with E-state index in [1.54, 1.807) is 7.05 Å². The molecule has 1 atom stereocenters. The molecule has 0 aromatic heterocycles. The Bertz CT molecular complexity index is 794. The summed E-state index contributed by atoms with van der Waals surface area (Å²) in [5.41, 5.74) is 2.73. The Balaban J connectivity index is 1.89. The molecule has 2 aromatic carbocycles. The molecule has 2 rings (SSSR count). The topological polar surface area (TPSA) is 65.5 Å². The van der Waals surface area contributed by atoms with Gasteiger partial charge < -0.3 is 16.0 Å². The number of nitrogens with one attached hydrogen (secondary N) is 3. The van der Waals surface area contributed by atoms with Gasteiger partial charge in [0.15, 0.2) is 5.96 Å². The molecule has 5 heteroatoms. The van der Waals surface area contributed by atoms with Crippen LogP contribution in [0.25, 0.3) is 0 Å².